The molecule has 1 aliphatic carbocycles. The molecule has 0 radical (unpaired) electrons. The molecule has 1 aromatic carbocycles. The Morgan fingerprint density at radius 3 is 2.83 bits per heavy atom. The molecule has 1 amide bonds. The van der Waals surface area contributed by atoms with E-state index in [1.165, 1.54) is 43.0 Å². The molecule has 0 fully saturated rings. The molecule has 0 atom stereocenters. The van der Waals surface area contributed by atoms with Crippen LogP contribution in [-0.4, -0.2) is 40.1 Å². The van der Waals surface area contributed by atoms with Crippen molar-refractivity contribution in [3.05, 3.63) is 48.6 Å². The van der Waals surface area contributed by atoms with E-state index in [4.69, 9.17) is 4.74 Å². The highest BCUT2D eigenvalue weighted by Crippen LogP contribution is 2.25. The highest BCUT2D eigenvalue weighted by Gasteiger charge is 2.15. The number of ether oxygens (including phenoxy) is 1. The second-order valence-corrected chi connectivity index (χ2v) is 7.87. The molecule has 0 bridgehead atoms. The minimum Gasteiger partial charge on any atom is -0.497 e. The van der Waals surface area contributed by atoms with Crippen molar-refractivity contribution in [2.24, 2.45) is 0 Å². The third-order valence-corrected chi connectivity index (χ3v) is 5.83. The summed E-state index contributed by atoms with van der Waals surface area (Å²) < 4.78 is 7.18. The number of methoxy groups -OCH3 is 1. The maximum absolute atomic E-state index is 12.2. The van der Waals surface area contributed by atoms with Crippen LogP contribution in [0.1, 0.15) is 32.1 Å². The van der Waals surface area contributed by atoms with Gasteiger partial charge in [-0.2, -0.15) is 0 Å². The SMILES string of the molecule is C=CCn1c(SCC(=O)NCCC2=CCCCC2)nnc1-c1ccc(OC)cc1. The molecule has 7 heteroatoms. The van der Waals surface area contributed by atoms with Gasteiger partial charge in [0.25, 0.3) is 0 Å². The minimum atomic E-state index is 0.0190. The largest absolute Gasteiger partial charge is 0.497 e. The number of rotatable bonds is 10. The van der Waals surface area contributed by atoms with Gasteiger partial charge in [0, 0.05) is 18.7 Å². The smallest absolute Gasteiger partial charge is 0.230 e. The second-order valence-electron chi connectivity index (χ2n) is 6.93. The first kappa shape index (κ1) is 21.2. The number of nitrogens with zero attached hydrogens (tertiary/aromatic N) is 3. The Bertz CT molecular complexity index is 858. The fraction of sp³-hybridized carbons (Fsp3) is 0.409. The van der Waals surface area contributed by atoms with Crippen LogP contribution in [0.3, 0.4) is 0 Å². The van der Waals surface area contributed by atoms with E-state index in [1.807, 2.05) is 28.8 Å². The Morgan fingerprint density at radius 1 is 1.31 bits per heavy atom. The quantitative estimate of drug-likeness (QED) is 0.467. The van der Waals surface area contributed by atoms with Crippen LogP contribution < -0.4 is 10.1 Å². The number of allylic oxidation sites excluding steroid dienone is 2. The average molecular weight is 413 g/mol. The standard InChI is InChI=1S/C22H28N4O2S/c1-3-15-26-21(18-9-11-19(28-2)12-10-18)24-25-22(26)29-16-20(27)23-14-13-17-7-5-4-6-8-17/h3,7,9-12H,1,4-6,8,13-16H2,2H3,(H,23,27). The van der Waals surface area contributed by atoms with E-state index >= 15 is 0 Å². The highest BCUT2D eigenvalue weighted by atomic mass is 32.2. The van der Waals surface area contributed by atoms with Gasteiger partial charge in [0.05, 0.1) is 12.9 Å². The van der Waals surface area contributed by atoms with Crippen LogP contribution in [-0.2, 0) is 11.3 Å². The van der Waals surface area contributed by atoms with Crippen LogP contribution in [0.15, 0.2) is 53.7 Å². The topological polar surface area (TPSA) is 69.0 Å². The zero-order chi connectivity index (χ0) is 20.5. The van der Waals surface area contributed by atoms with Crippen LogP contribution >= 0.6 is 11.8 Å². The third-order valence-electron chi connectivity index (χ3n) is 4.86. The Kier molecular flexibility index (Phi) is 7.93. The van der Waals surface area contributed by atoms with E-state index in [0.717, 1.165) is 23.6 Å². The lowest BCUT2D eigenvalue weighted by atomic mass is 9.97. The normalized spacial score (nSPS) is 13.6. The molecule has 1 N–H and O–H groups in total. The second kappa shape index (κ2) is 10.9. The molecule has 2 aromatic rings. The van der Waals surface area contributed by atoms with Gasteiger partial charge >= 0.3 is 0 Å². The Hall–Kier alpha value is -2.54. The van der Waals surface area contributed by atoms with Crippen LogP contribution in [0.5, 0.6) is 5.75 Å². The van der Waals surface area contributed by atoms with Gasteiger partial charge in [0.2, 0.25) is 5.91 Å². The van der Waals surface area contributed by atoms with Crippen molar-refractivity contribution < 1.29 is 9.53 Å². The highest BCUT2D eigenvalue weighted by molar-refractivity contribution is 7.99. The average Bonchev–Trinajstić information content (AvgIpc) is 3.16. The van der Waals surface area contributed by atoms with Crippen molar-refractivity contribution in [3.63, 3.8) is 0 Å². The number of carbonyl (C=O) groups excluding carboxylic acids is 1. The predicted octanol–water partition coefficient (Wildman–Crippen LogP) is 4.24. The number of nitrogens with one attached hydrogen (secondary N) is 1. The number of hydrogen-bond donors (Lipinski definition) is 1. The van der Waals surface area contributed by atoms with Gasteiger partial charge in [0.15, 0.2) is 11.0 Å². The summed E-state index contributed by atoms with van der Waals surface area (Å²) >= 11 is 1.39. The Labute approximate surface area is 176 Å². The lowest BCUT2D eigenvalue weighted by molar-refractivity contribution is -0.118. The molecule has 154 valence electrons. The molecule has 1 aliphatic rings. The molecule has 29 heavy (non-hydrogen) atoms. The summed E-state index contributed by atoms with van der Waals surface area (Å²) in [5.41, 5.74) is 2.41. The number of carbonyl (C=O) groups is 1. The predicted molar refractivity (Wildman–Crippen MR) is 117 cm³/mol. The number of amides is 1. The monoisotopic (exact) mass is 412 g/mol. The third kappa shape index (κ3) is 5.97. The summed E-state index contributed by atoms with van der Waals surface area (Å²) in [7, 11) is 1.64. The molecule has 1 heterocycles. The summed E-state index contributed by atoms with van der Waals surface area (Å²) in [6.45, 7) is 5.10. The molecule has 0 saturated heterocycles. The molecule has 0 spiro atoms. The summed E-state index contributed by atoms with van der Waals surface area (Å²) in [5, 5.41) is 12.3. The number of aromatic nitrogens is 3. The maximum atomic E-state index is 12.2. The zero-order valence-electron chi connectivity index (χ0n) is 16.9. The van der Waals surface area contributed by atoms with E-state index in [1.54, 1.807) is 13.2 Å². The fourth-order valence-electron chi connectivity index (χ4n) is 3.32. The molecular weight excluding hydrogens is 384 g/mol. The van der Waals surface area contributed by atoms with Gasteiger partial charge in [-0.05, 0) is 56.4 Å². The van der Waals surface area contributed by atoms with E-state index in [-0.39, 0.29) is 5.91 Å². The first-order valence-corrected chi connectivity index (χ1v) is 11.0. The van der Waals surface area contributed by atoms with Crippen molar-refractivity contribution >= 4 is 17.7 Å². The fourth-order valence-corrected chi connectivity index (χ4v) is 4.10. The maximum Gasteiger partial charge on any atom is 0.230 e. The van der Waals surface area contributed by atoms with Crippen molar-refractivity contribution in [1.29, 1.82) is 0 Å². The Morgan fingerprint density at radius 2 is 2.14 bits per heavy atom. The molecule has 0 unspecified atom stereocenters. The van der Waals surface area contributed by atoms with Gasteiger partial charge in [-0.15, -0.1) is 16.8 Å². The van der Waals surface area contributed by atoms with Crippen molar-refractivity contribution in [1.82, 2.24) is 20.1 Å². The van der Waals surface area contributed by atoms with E-state index in [0.29, 0.717) is 24.0 Å². The lowest BCUT2D eigenvalue weighted by Gasteiger charge is -2.13. The van der Waals surface area contributed by atoms with E-state index in [2.05, 4.69) is 28.2 Å². The van der Waals surface area contributed by atoms with Crippen LogP contribution in [0, 0.1) is 0 Å². The van der Waals surface area contributed by atoms with Gasteiger partial charge < -0.3 is 10.1 Å². The van der Waals surface area contributed by atoms with E-state index < -0.39 is 0 Å². The van der Waals surface area contributed by atoms with Gasteiger partial charge in [-0.1, -0.05) is 29.5 Å². The lowest BCUT2D eigenvalue weighted by Crippen LogP contribution is -2.26. The molecule has 0 saturated carbocycles. The van der Waals surface area contributed by atoms with Gasteiger partial charge in [0.1, 0.15) is 5.75 Å². The summed E-state index contributed by atoms with van der Waals surface area (Å²) in [6, 6.07) is 7.68. The van der Waals surface area contributed by atoms with Crippen molar-refractivity contribution in [2.75, 3.05) is 19.4 Å². The van der Waals surface area contributed by atoms with Crippen LogP contribution in [0.4, 0.5) is 0 Å². The molecular formula is C22H28N4O2S. The summed E-state index contributed by atoms with van der Waals surface area (Å²) in [5.74, 6) is 1.88. The molecule has 6 nitrogen and oxygen atoms in total. The number of thioether (sulfide) groups is 1. The van der Waals surface area contributed by atoms with Crippen molar-refractivity contribution in [3.8, 4) is 17.1 Å². The first-order chi connectivity index (χ1) is 14.2. The summed E-state index contributed by atoms with van der Waals surface area (Å²) in [6.07, 6.45) is 9.98. The zero-order valence-corrected chi connectivity index (χ0v) is 17.7. The molecule has 3 rings (SSSR count). The van der Waals surface area contributed by atoms with Gasteiger partial charge in [-0.3, -0.25) is 9.36 Å². The minimum absolute atomic E-state index is 0.0190. The van der Waals surface area contributed by atoms with E-state index in [9.17, 15) is 4.79 Å². The van der Waals surface area contributed by atoms with Crippen LogP contribution in [0.25, 0.3) is 11.4 Å². The number of benzene rings is 1. The molecule has 1 aromatic heterocycles. The summed E-state index contributed by atoms with van der Waals surface area (Å²) in [4.78, 5) is 12.2. The first-order valence-electron chi connectivity index (χ1n) is 9.97. The molecule has 0 aliphatic heterocycles. The van der Waals surface area contributed by atoms with Crippen LogP contribution in [0.2, 0.25) is 0 Å². The van der Waals surface area contributed by atoms with Gasteiger partial charge in [-0.25, -0.2) is 0 Å². The van der Waals surface area contributed by atoms with Crippen molar-refractivity contribution in [2.45, 2.75) is 43.8 Å². The Balaban J connectivity index is 1.57. The number of hydrogen-bond acceptors (Lipinski definition) is 5.